The van der Waals surface area contributed by atoms with Crippen molar-refractivity contribution in [2.75, 3.05) is 20.2 Å². The molecule has 4 nitrogen and oxygen atoms in total. The Morgan fingerprint density at radius 3 is 2.58 bits per heavy atom. The lowest BCUT2D eigenvalue weighted by Gasteiger charge is -2.40. The van der Waals surface area contributed by atoms with Crippen LogP contribution in [0, 0.1) is 11.3 Å². The van der Waals surface area contributed by atoms with Gasteiger partial charge in [0.1, 0.15) is 0 Å². The van der Waals surface area contributed by atoms with Gasteiger partial charge in [-0.2, -0.15) is 0 Å². The molecule has 2 aliphatic rings. The summed E-state index contributed by atoms with van der Waals surface area (Å²) in [5, 5.41) is 6.90. The molecular formula is C15H29N3O. The molecule has 0 aromatic heterocycles. The molecule has 110 valence electrons. The topological polar surface area (TPSA) is 45.7 Å². The van der Waals surface area contributed by atoms with E-state index in [4.69, 9.17) is 4.74 Å². The van der Waals surface area contributed by atoms with Crippen LogP contribution in [0.1, 0.15) is 46.5 Å². The zero-order chi connectivity index (χ0) is 13.9. The monoisotopic (exact) mass is 267 g/mol. The fraction of sp³-hybridized carbons (Fsp3) is 0.933. The second-order valence-corrected chi connectivity index (χ2v) is 6.93. The number of guanidine groups is 1. The maximum Gasteiger partial charge on any atom is 0.191 e. The van der Waals surface area contributed by atoms with Crippen LogP contribution in [-0.4, -0.2) is 38.3 Å². The summed E-state index contributed by atoms with van der Waals surface area (Å²) in [6.45, 7) is 8.68. The molecule has 0 bridgehead atoms. The largest absolute Gasteiger partial charge is 0.377 e. The number of nitrogens with one attached hydrogen (secondary N) is 2. The zero-order valence-electron chi connectivity index (χ0n) is 12.8. The van der Waals surface area contributed by atoms with Crippen LogP contribution in [0.3, 0.4) is 0 Å². The van der Waals surface area contributed by atoms with Gasteiger partial charge in [0.2, 0.25) is 0 Å². The standard InChI is InChI=1S/C15H29N3O/c1-15(2,3)13-11(6-5-9-19-13)10-17-14(16-4)18-12-7-8-12/h11-13H,5-10H2,1-4H3,(H2,16,17,18). The molecule has 2 fully saturated rings. The third kappa shape index (κ3) is 4.37. The van der Waals surface area contributed by atoms with Crippen molar-refractivity contribution in [2.24, 2.45) is 16.3 Å². The van der Waals surface area contributed by atoms with Gasteiger partial charge in [-0.1, -0.05) is 20.8 Å². The molecule has 1 saturated carbocycles. The van der Waals surface area contributed by atoms with Crippen LogP contribution in [0.15, 0.2) is 4.99 Å². The highest BCUT2D eigenvalue weighted by molar-refractivity contribution is 5.80. The van der Waals surface area contributed by atoms with Gasteiger partial charge >= 0.3 is 0 Å². The van der Waals surface area contributed by atoms with Gasteiger partial charge < -0.3 is 15.4 Å². The maximum atomic E-state index is 6.01. The third-order valence-corrected chi connectivity index (χ3v) is 3.97. The molecule has 0 spiro atoms. The fourth-order valence-corrected chi connectivity index (χ4v) is 2.85. The van der Waals surface area contributed by atoms with E-state index in [0.717, 1.165) is 19.1 Å². The Labute approximate surface area is 117 Å². The molecule has 0 amide bonds. The van der Waals surface area contributed by atoms with Crippen molar-refractivity contribution in [1.29, 1.82) is 0 Å². The van der Waals surface area contributed by atoms with Crippen molar-refractivity contribution in [1.82, 2.24) is 10.6 Å². The Balaban J connectivity index is 1.84. The molecule has 2 unspecified atom stereocenters. The normalized spacial score (nSPS) is 29.2. The van der Waals surface area contributed by atoms with E-state index >= 15 is 0 Å². The minimum atomic E-state index is 0.209. The minimum Gasteiger partial charge on any atom is -0.377 e. The summed E-state index contributed by atoms with van der Waals surface area (Å²) >= 11 is 0. The summed E-state index contributed by atoms with van der Waals surface area (Å²) in [6.07, 6.45) is 5.31. The number of aliphatic imine (C=N–C) groups is 1. The van der Waals surface area contributed by atoms with Crippen LogP contribution in [-0.2, 0) is 4.74 Å². The highest BCUT2D eigenvalue weighted by Gasteiger charge is 2.35. The SMILES string of the molecule is CN=C(NCC1CCCOC1C(C)(C)C)NC1CC1. The molecule has 1 heterocycles. The maximum absolute atomic E-state index is 6.01. The molecular weight excluding hydrogens is 238 g/mol. The van der Waals surface area contributed by atoms with E-state index in [9.17, 15) is 0 Å². The zero-order valence-corrected chi connectivity index (χ0v) is 12.8. The fourth-order valence-electron chi connectivity index (χ4n) is 2.85. The molecule has 0 aromatic rings. The van der Waals surface area contributed by atoms with E-state index in [1.54, 1.807) is 0 Å². The van der Waals surface area contributed by atoms with E-state index < -0.39 is 0 Å². The second kappa shape index (κ2) is 6.12. The number of hydrogen-bond acceptors (Lipinski definition) is 2. The molecule has 2 N–H and O–H groups in total. The minimum absolute atomic E-state index is 0.209. The summed E-state index contributed by atoms with van der Waals surface area (Å²) in [5.41, 5.74) is 0.209. The highest BCUT2D eigenvalue weighted by Crippen LogP contribution is 2.33. The Morgan fingerprint density at radius 2 is 2.00 bits per heavy atom. The predicted molar refractivity (Wildman–Crippen MR) is 79.4 cm³/mol. The van der Waals surface area contributed by atoms with Crippen molar-refractivity contribution < 1.29 is 4.74 Å². The lowest BCUT2D eigenvalue weighted by molar-refractivity contribution is -0.0835. The Hall–Kier alpha value is -0.770. The van der Waals surface area contributed by atoms with Crippen molar-refractivity contribution in [3.63, 3.8) is 0 Å². The van der Waals surface area contributed by atoms with Crippen molar-refractivity contribution >= 4 is 5.96 Å². The first kappa shape index (κ1) is 14.6. The molecule has 1 aliphatic carbocycles. The molecule has 2 rings (SSSR count). The van der Waals surface area contributed by atoms with Gasteiger partial charge in [0.05, 0.1) is 6.10 Å². The van der Waals surface area contributed by atoms with E-state index in [2.05, 4.69) is 36.4 Å². The first-order chi connectivity index (χ1) is 9.00. The third-order valence-electron chi connectivity index (χ3n) is 3.97. The average Bonchev–Trinajstić information content (AvgIpc) is 3.17. The summed E-state index contributed by atoms with van der Waals surface area (Å²) in [7, 11) is 1.84. The molecule has 4 heteroatoms. The van der Waals surface area contributed by atoms with E-state index in [1.807, 2.05) is 7.05 Å². The number of ether oxygens (including phenoxy) is 1. The van der Waals surface area contributed by atoms with Crippen LogP contribution in [0.5, 0.6) is 0 Å². The molecule has 1 saturated heterocycles. The van der Waals surface area contributed by atoms with Gasteiger partial charge in [-0.25, -0.2) is 0 Å². The van der Waals surface area contributed by atoms with Gasteiger partial charge in [-0.3, -0.25) is 4.99 Å². The number of rotatable bonds is 3. The molecule has 1 aliphatic heterocycles. The first-order valence-electron chi connectivity index (χ1n) is 7.59. The summed E-state index contributed by atoms with van der Waals surface area (Å²) < 4.78 is 6.01. The van der Waals surface area contributed by atoms with Crippen molar-refractivity contribution in [2.45, 2.75) is 58.6 Å². The van der Waals surface area contributed by atoms with Gasteiger partial charge in [-0.15, -0.1) is 0 Å². The summed E-state index contributed by atoms with van der Waals surface area (Å²) in [5.74, 6) is 1.52. The molecule has 0 radical (unpaired) electrons. The van der Waals surface area contributed by atoms with Gasteiger partial charge in [0.15, 0.2) is 5.96 Å². The number of hydrogen-bond donors (Lipinski definition) is 2. The molecule has 0 aromatic carbocycles. The lowest BCUT2D eigenvalue weighted by atomic mass is 9.78. The van der Waals surface area contributed by atoms with Crippen LogP contribution in [0.25, 0.3) is 0 Å². The van der Waals surface area contributed by atoms with Crippen LogP contribution >= 0.6 is 0 Å². The van der Waals surface area contributed by atoms with Crippen LogP contribution in [0.4, 0.5) is 0 Å². The van der Waals surface area contributed by atoms with E-state index in [0.29, 0.717) is 18.1 Å². The van der Waals surface area contributed by atoms with E-state index in [1.165, 1.54) is 25.7 Å². The smallest absolute Gasteiger partial charge is 0.191 e. The quantitative estimate of drug-likeness (QED) is 0.608. The Bertz CT molecular complexity index is 318. The van der Waals surface area contributed by atoms with E-state index in [-0.39, 0.29) is 5.41 Å². The van der Waals surface area contributed by atoms with Gasteiger partial charge in [-0.05, 0) is 31.1 Å². The second-order valence-electron chi connectivity index (χ2n) is 6.93. The Morgan fingerprint density at radius 1 is 1.26 bits per heavy atom. The molecule has 19 heavy (non-hydrogen) atoms. The van der Waals surface area contributed by atoms with Gasteiger partial charge in [0.25, 0.3) is 0 Å². The van der Waals surface area contributed by atoms with Gasteiger partial charge in [0, 0.05) is 32.2 Å². The predicted octanol–water partition coefficient (Wildman–Crippen LogP) is 2.16. The summed E-state index contributed by atoms with van der Waals surface area (Å²) in [6, 6.07) is 0.646. The number of nitrogens with zero attached hydrogens (tertiary/aromatic N) is 1. The van der Waals surface area contributed by atoms with Crippen molar-refractivity contribution in [3.05, 3.63) is 0 Å². The average molecular weight is 267 g/mol. The highest BCUT2D eigenvalue weighted by atomic mass is 16.5. The van der Waals surface area contributed by atoms with Crippen LogP contribution in [0.2, 0.25) is 0 Å². The lowest BCUT2D eigenvalue weighted by Crippen LogP contribution is -2.47. The van der Waals surface area contributed by atoms with Crippen LogP contribution < -0.4 is 10.6 Å². The summed E-state index contributed by atoms with van der Waals surface area (Å²) in [4.78, 5) is 4.29. The molecule has 2 atom stereocenters. The first-order valence-corrected chi connectivity index (χ1v) is 7.59. The Kier molecular flexibility index (Phi) is 4.71. The van der Waals surface area contributed by atoms with Crippen molar-refractivity contribution in [3.8, 4) is 0 Å².